The Balaban J connectivity index is 1.19. The Morgan fingerprint density at radius 3 is 2.56 bits per heavy atom. The number of ether oxygens (including phenoxy) is 5. The molecule has 13 atom stereocenters. The summed E-state index contributed by atoms with van der Waals surface area (Å²) in [7, 11) is 1.78. The predicted molar refractivity (Wildman–Crippen MR) is 159 cm³/mol. The van der Waals surface area contributed by atoms with Gasteiger partial charge < -0.3 is 28.8 Å². The molecule has 6 aliphatic rings. The van der Waals surface area contributed by atoms with E-state index < -0.39 is 17.1 Å². The van der Waals surface area contributed by atoms with Gasteiger partial charge in [-0.2, -0.15) is 0 Å². The third-order valence-corrected chi connectivity index (χ3v) is 14.2. The van der Waals surface area contributed by atoms with E-state index in [1.54, 1.807) is 13.2 Å². The van der Waals surface area contributed by atoms with E-state index in [2.05, 4.69) is 43.4 Å². The van der Waals surface area contributed by atoms with E-state index >= 15 is 0 Å². The Morgan fingerprint density at radius 2 is 1.88 bits per heavy atom. The minimum atomic E-state index is -0.967. The fourth-order valence-electron chi connectivity index (χ4n) is 10.4. The number of carbonyl (C=O) groups is 2. The van der Waals surface area contributed by atoms with Crippen molar-refractivity contribution in [3.63, 3.8) is 0 Å². The minimum absolute atomic E-state index is 0.0941. The molecular formula is C32H47IO8. The molecule has 6 rings (SSSR count). The Labute approximate surface area is 257 Å². The van der Waals surface area contributed by atoms with Crippen molar-refractivity contribution in [2.45, 2.75) is 126 Å². The molecule has 4 aliphatic carbocycles. The summed E-state index contributed by atoms with van der Waals surface area (Å²) in [5.74, 6) is 0.167. The second-order valence-corrected chi connectivity index (χ2v) is 15.7. The fraction of sp³-hybridized carbons (Fsp3) is 0.875. The van der Waals surface area contributed by atoms with Gasteiger partial charge in [-0.15, -0.1) is 0 Å². The molecule has 9 heteroatoms. The van der Waals surface area contributed by atoms with E-state index in [0.29, 0.717) is 22.2 Å². The van der Waals surface area contributed by atoms with Gasteiger partial charge >= 0.3 is 11.9 Å². The third kappa shape index (κ3) is 4.92. The van der Waals surface area contributed by atoms with Crippen molar-refractivity contribution in [1.29, 1.82) is 0 Å². The molecule has 8 nitrogen and oxygen atoms in total. The van der Waals surface area contributed by atoms with Crippen molar-refractivity contribution >= 4 is 34.5 Å². The number of aliphatic hydroxyl groups is 1. The van der Waals surface area contributed by atoms with Crippen LogP contribution < -0.4 is 0 Å². The number of cyclic esters (lactones) is 1. The fourth-order valence-corrected chi connectivity index (χ4v) is 11.1. The van der Waals surface area contributed by atoms with Gasteiger partial charge in [-0.1, -0.05) is 36.4 Å². The van der Waals surface area contributed by atoms with E-state index in [1.807, 2.05) is 0 Å². The van der Waals surface area contributed by atoms with Gasteiger partial charge in [0.15, 0.2) is 6.29 Å². The molecule has 4 saturated carbocycles. The van der Waals surface area contributed by atoms with E-state index in [-0.39, 0.29) is 60.4 Å². The van der Waals surface area contributed by atoms with Crippen LogP contribution in [0.3, 0.4) is 0 Å². The Morgan fingerprint density at radius 1 is 1.10 bits per heavy atom. The topological polar surface area (TPSA) is 101 Å². The molecular weight excluding hydrogens is 639 g/mol. The van der Waals surface area contributed by atoms with Crippen LogP contribution in [-0.4, -0.2) is 71.0 Å². The van der Waals surface area contributed by atoms with Crippen molar-refractivity contribution in [2.75, 3.05) is 13.7 Å². The summed E-state index contributed by atoms with van der Waals surface area (Å²) in [6, 6.07) is 0. The van der Waals surface area contributed by atoms with Crippen LogP contribution in [0.2, 0.25) is 0 Å². The van der Waals surface area contributed by atoms with Gasteiger partial charge in [0.25, 0.3) is 0 Å². The van der Waals surface area contributed by atoms with Crippen molar-refractivity contribution in [2.24, 2.45) is 34.5 Å². The Hall–Kier alpha value is -0.750. The maximum absolute atomic E-state index is 12.7. The number of carbonyl (C=O) groups excluding carboxylic acids is 2. The van der Waals surface area contributed by atoms with Crippen molar-refractivity contribution < 1.29 is 38.4 Å². The monoisotopic (exact) mass is 686 g/mol. The quantitative estimate of drug-likeness (QED) is 0.184. The molecule has 5 fully saturated rings. The largest absolute Gasteiger partial charge is 0.462 e. The molecule has 3 unspecified atom stereocenters. The number of alkyl halides is 1. The van der Waals surface area contributed by atoms with Crippen molar-refractivity contribution in [1.82, 2.24) is 0 Å². The third-order valence-electron chi connectivity index (χ3n) is 12.4. The van der Waals surface area contributed by atoms with E-state index in [4.69, 9.17) is 23.7 Å². The lowest BCUT2D eigenvalue weighted by molar-refractivity contribution is -0.248. The molecule has 2 aliphatic heterocycles. The van der Waals surface area contributed by atoms with Gasteiger partial charge in [-0.25, -0.2) is 4.79 Å². The Bertz CT molecular complexity index is 1080. The van der Waals surface area contributed by atoms with Crippen LogP contribution in [0.4, 0.5) is 0 Å². The molecule has 0 bridgehead atoms. The standard InChI is InChI=1S/C32H47IO8/c1-17-29(33)24(37-5)14-27(39-17)41-21-8-10-30(3)20(13-21)6-7-23-22(30)9-11-31(4)28(19-12-26(35)38-16-19)25(40-18(2)34)15-32(23,31)36/h12,17,20-25,27-29,36H,6-11,13-16H2,1-5H3/t17?,20-,21+,22?,23-,24?,25+,27+,28+,29+,30+,31-,32+/m1/s1. The molecule has 0 amide bonds. The molecule has 230 valence electrons. The first-order chi connectivity index (χ1) is 19.4. The van der Waals surface area contributed by atoms with Gasteiger partial charge in [-0.3, -0.25) is 4.79 Å². The lowest BCUT2D eigenvalue weighted by Gasteiger charge is -2.63. The van der Waals surface area contributed by atoms with Crippen molar-refractivity contribution in [3.8, 4) is 0 Å². The predicted octanol–water partition coefficient (Wildman–Crippen LogP) is 5.12. The lowest BCUT2D eigenvalue weighted by Crippen LogP contribution is -2.62. The summed E-state index contributed by atoms with van der Waals surface area (Å²) < 4.78 is 30.1. The zero-order valence-electron chi connectivity index (χ0n) is 25.1. The van der Waals surface area contributed by atoms with Crippen LogP contribution in [0.1, 0.15) is 85.5 Å². The van der Waals surface area contributed by atoms with Gasteiger partial charge in [0.05, 0.1) is 27.8 Å². The molecule has 0 spiro atoms. The number of methoxy groups -OCH3 is 1. The van der Waals surface area contributed by atoms with Crippen LogP contribution in [0, 0.1) is 34.5 Å². The number of hydrogen-bond donors (Lipinski definition) is 1. The zero-order chi connectivity index (χ0) is 29.3. The molecule has 1 saturated heterocycles. The maximum atomic E-state index is 12.7. The number of esters is 2. The van der Waals surface area contributed by atoms with Crippen LogP contribution in [0.25, 0.3) is 0 Å². The normalized spacial score (nSPS) is 51.2. The number of halogens is 1. The number of rotatable bonds is 5. The molecule has 0 aromatic heterocycles. The smallest absolute Gasteiger partial charge is 0.331 e. The minimum Gasteiger partial charge on any atom is -0.462 e. The SMILES string of the molecule is COC1C[C@H](O[C@H]2CC[C@]3(C)C4CC[C@]5(C)[C@@H](C6=CC(=O)OC6)[C@@H](OC(C)=O)C[C@]5(O)[C@@H]4CC[C@@H]3C2)OC(C)[C@@H]1I. The van der Waals surface area contributed by atoms with Crippen LogP contribution in [0.15, 0.2) is 11.6 Å². The van der Waals surface area contributed by atoms with Gasteiger partial charge in [-0.05, 0) is 80.6 Å². The zero-order valence-corrected chi connectivity index (χ0v) is 27.3. The first-order valence-corrected chi connectivity index (χ1v) is 16.9. The number of hydrogen-bond acceptors (Lipinski definition) is 8. The Kier molecular flexibility index (Phi) is 8.13. The van der Waals surface area contributed by atoms with Gasteiger partial charge in [0.2, 0.25) is 0 Å². The van der Waals surface area contributed by atoms with Gasteiger partial charge in [0.1, 0.15) is 12.7 Å². The number of fused-ring (bicyclic) bond motifs is 5. The van der Waals surface area contributed by atoms with Gasteiger partial charge in [0, 0.05) is 44.3 Å². The first-order valence-electron chi connectivity index (χ1n) is 15.6. The molecule has 0 aromatic carbocycles. The molecule has 2 heterocycles. The van der Waals surface area contributed by atoms with E-state index in [1.165, 1.54) is 6.92 Å². The highest BCUT2D eigenvalue weighted by atomic mass is 127. The average molecular weight is 687 g/mol. The highest BCUT2D eigenvalue weighted by Gasteiger charge is 2.71. The highest BCUT2D eigenvalue weighted by molar-refractivity contribution is 14.1. The average Bonchev–Trinajstić information content (AvgIpc) is 3.42. The van der Waals surface area contributed by atoms with E-state index in [9.17, 15) is 14.7 Å². The lowest BCUT2D eigenvalue weighted by atomic mass is 9.43. The first kappa shape index (κ1) is 30.3. The summed E-state index contributed by atoms with van der Waals surface area (Å²) in [6.45, 7) is 8.38. The highest BCUT2D eigenvalue weighted by Crippen LogP contribution is 2.70. The van der Waals surface area contributed by atoms with Crippen LogP contribution in [-0.2, 0) is 33.3 Å². The van der Waals surface area contributed by atoms with Crippen LogP contribution >= 0.6 is 22.6 Å². The summed E-state index contributed by atoms with van der Waals surface area (Å²) in [5, 5.41) is 12.7. The van der Waals surface area contributed by atoms with Crippen LogP contribution in [0.5, 0.6) is 0 Å². The van der Waals surface area contributed by atoms with E-state index in [0.717, 1.165) is 56.9 Å². The maximum Gasteiger partial charge on any atom is 0.331 e. The second kappa shape index (κ2) is 11.0. The molecule has 0 radical (unpaired) electrons. The summed E-state index contributed by atoms with van der Waals surface area (Å²) in [5.41, 5.74) is -0.462. The summed E-state index contributed by atoms with van der Waals surface area (Å²) in [4.78, 5) is 24.2. The summed E-state index contributed by atoms with van der Waals surface area (Å²) >= 11 is 2.43. The molecule has 1 N–H and O–H groups in total. The molecule has 0 aromatic rings. The second-order valence-electron chi connectivity index (χ2n) is 14.3. The summed E-state index contributed by atoms with van der Waals surface area (Å²) in [6.07, 6.45) is 9.47. The molecule has 41 heavy (non-hydrogen) atoms. The van der Waals surface area contributed by atoms with Crippen molar-refractivity contribution in [3.05, 3.63) is 11.6 Å².